The highest BCUT2D eigenvalue weighted by Crippen LogP contribution is 2.32. The number of rotatable bonds is 8. The van der Waals surface area contributed by atoms with Gasteiger partial charge >= 0.3 is 0 Å². The Kier molecular flexibility index (Phi) is 5.06. The van der Waals surface area contributed by atoms with Crippen molar-refractivity contribution in [3.8, 4) is 11.5 Å². The van der Waals surface area contributed by atoms with Crippen LogP contribution in [-0.2, 0) is 24.4 Å². The van der Waals surface area contributed by atoms with Crippen molar-refractivity contribution < 1.29 is 18.7 Å². The van der Waals surface area contributed by atoms with Crippen LogP contribution in [0.4, 0.5) is 0 Å². The number of hydrogen-bond acceptors (Lipinski definition) is 8. The van der Waals surface area contributed by atoms with E-state index in [0.717, 1.165) is 23.6 Å². The maximum Gasteiger partial charge on any atom is 0.240 e. The minimum atomic E-state index is 0.243. The predicted octanol–water partition coefficient (Wildman–Crippen LogP) is 0.906. The number of benzene rings is 1. The monoisotopic (exact) mass is 320 g/mol. The Balaban J connectivity index is 1.68. The smallest absolute Gasteiger partial charge is 0.240 e. The van der Waals surface area contributed by atoms with E-state index in [1.165, 1.54) is 0 Å². The van der Waals surface area contributed by atoms with Gasteiger partial charge < -0.3 is 24.5 Å². The zero-order valence-electron chi connectivity index (χ0n) is 13.0. The van der Waals surface area contributed by atoms with Gasteiger partial charge in [0.25, 0.3) is 0 Å². The molecule has 0 atom stereocenters. The van der Waals surface area contributed by atoms with Gasteiger partial charge in [-0.1, -0.05) is 11.2 Å². The lowest BCUT2D eigenvalue weighted by molar-refractivity contribution is 0.137. The second-order valence-electron chi connectivity index (χ2n) is 5.20. The number of aromatic nitrogens is 2. The Morgan fingerprint density at radius 3 is 2.91 bits per heavy atom. The molecule has 2 N–H and O–H groups in total. The van der Waals surface area contributed by atoms with Crippen LogP contribution in [0.15, 0.2) is 22.7 Å². The molecule has 1 aromatic carbocycles. The number of hydrogen-bond donors (Lipinski definition) is 1. The van der Waals surface area contributed by atoms with E-state index in [0.29, 0.717) is 31.4 Å². The number of nitrogens with zero attached hydrogens (tertiary/aromatic N) is 3. The molecule has 8 nitrogen and oxygen atoms in total. The summed E-state index contributed by atoms with van der Waals surface area (Å²) in [6.07, 6.45) is 0. The highest BCUT2D eigenvalue weighted by atomic mass is 16.7. The van der Waals surface area contributed by atoms with Gasteiger partial charge in [-0.2, -0.15) is 4.98 Å². The van der Waals surface area contributed by atoms with Crippen LogP contribution in [0, 0.1) is 0 Å². The zero-order chi connectivity index (χ0) is 16.1. The fourth-order valence-electron chi connectivity index (χ4n) is 2.37. The number of nitrogens with two attached hydrogens (primary N) is 1. The summed E-state index contributed by atoms with van der Waals surface area (Å²) in [5.41, 5.74) is 6.61. The van der Waals surface area contributed by atoms with Crippen LogP contribution in [0.5, 0.6) is 11.5 Å². The van der Waals surface area contributed by atoms with Crippen LogP contribution in [0.25, 0.3) is 0 Å². The summed E-state index contributed by atoms with van der Waals surface area (Å²) >= 11 is 0. The van der Waals surface area contributed by atoms with Gasteiger partial charge in [-0.05, 0) is 17.7 Å². The predicted molar refractivity (Wildman–Crippen MR) is 80.7 cm³/mol. The van der Waals surface area contributed by atoms with E-state index in [4.69, 9.17) is 24.5 Å². The first-order chi connectivity index (χ1) is 11.3. The van der Waals surface area contributed by atoms with Crippen LogP contribution in [-0.4, -0.2) is 42.1 Å². The quantitative estimate of drug-likeness (QED) is 0.766. The lowest BCUT2D eigenvalue weighted by Gasteiger charge is -2.20. The van der Waals surface area contributed by atoms with Crippen LogP contribution < -0.4 is 15.2 Å². The highest BCUT2D eigenvalue weighted by Gasteiger charge is 2.16. The van der Waals surface area contributed by atoms with Gasteiger partial charge in [0.15, 0.2) is 17.3 Å². The third-order valence-corrected chi connectivity index (χ3v) is 3.50. The Bertz CT molecular complexity index is 646. The van der Waals surface area contributed by atoms with Crippen molar-refractivity contribution in [2.45, 2.75) is 19.6 Å². The molecular formula is C15H20N4O4. The summed E-state index contributed by atoms with van der Waals surface area (Å²) in [6.45, 7) is 3.15. The van der Waals surface area contributed by atoms with E-state index in [-0.39, 0.29) is 13.3 Å². The van der Waals surface area contributed by atoms with Crippen molar-refractivity contribution in [1.29, 1.82) is 0 Å². The van der Waals surface area contributed by atoms with E-state index >= 15 is 0 Å². The maximum absolute atomic E-state index is 5.49. The molecule has 2 aromatic rings. The lowest BCUT2D eigenvalue weighted by atomic mass is 10.2. The van der Waals surface area contributed by atoms with Crippen LogP contribution in [0.1, 0.15) is 17.3 Å². The van der Waals surface area contributed by atoms with Gasteiger partial charge in [-0.25, -0.2) is 0 Å². The Morgan fingerprint density at radius 1 is 1.26 bits per heavy atom. The normalized spacial score (nSPS) is 13.0. The molecule has 2 heterocycles. The van der Waals surface area contributed by atoms with Crippen LogP contribution in [0.3, 0.4) is 0 Å². The summed E-state index contributed by atoms with van der Waals surface area (Å²) in [5, 5.41) is 3.94. The van der Waals surface area contributed by atoms with Gasteiger partial charge in [0.2, 0.25) is 12.7 Å². The van der Waals surface area contributed by atoms with E-state index in [9.17, 15) is 0 Å². The fourth-order valence-corrected chi connectivity index (χ4v) is 2.37. The standard InChI is InChI=1S/C15H20N4O4/c1-20-5-4-19(9-14-17-15(7-16)23-18-14)8-11-2-3-12-13(6-11)22-10-21-12/h2-3,6H,4-5,7-10,16H2,1H3. The van der Waals surface area contributed by atoms with Gasteiger partial charge in [0, 0.05) is 20.2 Å². The van der Waals surface area contributed by atoms with Crippen molar-refractivity contribution in [2.75, 3.05) is 27.1 Å². The minimum Gasteiger partial charge on any atom is -0.454 e. The molecule has 0 saturated carbocycles. The van der Waals surface area contributed by atoms with Crippen molar-refractivity contribution in [1.82, 2.24) is 15.0 Å². The topological polar surface area (TPSA) is 95.9 Å². The fraction of sp³-hybridized carbons (Fsp3) is 0.467. The molecule has 23 heavy (non-hydrogen) atoms. The van der Waals surface area contributed by atoms with Gasteiger partial charge in [-0.3, -0.25) is 4.90 Å². The molecule has 3 rings (SSSR count). The number of methoxy groups -OCH3 is 1. The first kappa shape index (κ1) is 15.7. The highest BCUT2D eigenvalue weighted by molar-refractivity contribution is 5.44. The number of fused-ring (bicyclic) bond motifs is 1. The molecule has 1 aliphatic heterocycles. The molecular weight excluding hydrogens is 300 g/mol. The van der Waals surface area contributed by atoms with Crippen molar-refractivity contribution in [2.24, 2.45) is 5.73 Å². The van der Waals surface area contributed by atoms with Gasteiger partial charge in [0.05, 0.1) is 19.7 Å². The summed E-state index contributed by atoms with van der Waals surface area (Å²) in [7, 11) is 1.68. The lowest BCUT2D eigenvalue weighted by Crippen LogP contribution is -2.27. The van der Waals surface area contributed by atoms with Gasteiger partial charge in [0.1, 0.15) is 0 Å². The Hall–Kier alpha value is -2.16. The van der Waals surface area contributed by atoms with Crippen LogP contribution >= 0.6 is 0 Å². The molecule has 0 bridgehead atoms. The molecule has 1 aliphatic rings. The summed E-state index contributed by atoms with van der Waals surface area (Å²) in [6, 6.07) is 5.94. The van der Waals surface area contributed by atoms with Crippen molar-refractivity contribution >= 4 is 0 Å². The van der Waals surface area contributed by atoms with E-state index in [1.54, 1.807) is 7.11 Å². The average molecular weight is 320 g/mol. The Labute approximate surface area is 134 Å². The molecule has 1 aromatic heterocycles. The molecule has 0 unspecified atom stereocenters. The maximum atomic E-state index is 5.49. The minimum absolute atomic E-state index is 0.243. The third-order valence-electron chi connectivity index (χ3n) is 3.50. The van der Waals surface area contributed by atoms with Crippen molar-refractivity contribution in [3.63, 3.8) is 0 Å². The largest absolute Gasteiger partial charge is 0.454 e. The summed E-state index contributed by atoms with van der Waals surface area (Å²) in [4.78, 5) is 6.42. The molecule has 0 radical (unpaired) electrons. The molecule has 0 spiro atoms. The van der Waals surface area contributed by atoms with E-state index in [2.05, 4.69) is 15.0 Å². The second kappa shape index (κ2) is 7.40. The molecule has 0 saturated heterocycles. The molecule has 0 amide bonds. The SMILES string of the molecule is COCCN(Cc1ccc2c(c1)OCO2)Cc1noc(CN)n1. The van der Waals surface area contributed by atoms with Crippen molar-refractivity contribution in [3.05, 3.63) is 35.5 Å². The zero-order valence-corrected chi connectivity index (χ0v) is 13.0. The van der Waals surface area contributed by atoms with Gasteiger partial charge in [-0.15, -0.1) is 0 Å². The van der Waals surface area contributed by atoms with E-state index < -0.39 is 0 Å². The van der Waals surface area contributed by atoms with E-state index in [1.807, 2.05) is 18.2 Å². The first-order valence-corrected chi connectivity index (χ1v) is 7.40. The molecule has 8 heteroatoms. The summed E-state index contributed by atoms with van der Waals surface area (Å²) in [5.74, 6) is 2.61. The second-order valence-corrected chi connectivity index (χ2v) is 5.20. The molecule has 0 fully saturated rings. The average Bonchev–Trinajstić information content (AvgIpc) is 3.20. The van der Waals surface area contributed by atoms with Crippen LogP contribution in [0.2, 0.25) is 0 Å². The Morgan fingerprint density at radius 2 is 2.13 bits per heavy atom. The number of ether oxygens (including phenoxy) is 3. The molecule has 124 valence electrons. The molecule has 0 aliphatic carbocycles. The summed E-state index contributed by atoms with van der Waals surface area (Å²) < 4.78 is 21.0. The first-order valence-electron chi connectivity index (χ1n) is 7.40. The third kappa shape index (κ3) is 3.98.